The van der Waals surface area contributed by atoms with Crippen LogP contribution in [0.5, 0.6) is 0 Å². The van der Waals surface area contributed by atoms with Gasteiger partial charge in [-0.05, 0) is 11.0 Å². The Morgan fingerprint density at radius 3 is 2.68 bits per heavy atom. The highest BCUT2D eigenvalue weighted by molar-refractivity contribution is 6.76. The quantitative estimate of drug-likeness (QED) is 0.354. The Morgan fingerprint density at radius 2 is 2.21 bits per heavy atom. The third-order valence-corrected chi connectivity index (χ3v) is 4.08. The van der Waals surface area contributed by atoms with Gasteiger partial charge in [0.15, 0.2) is 5.69 Å². The standard InChI is InChI=1S/C10H17N3O5Si/c1-19(2,3)5-4-18-7-12-9(13(16)17)6-8(11-12)10(14)15/h6H,4-5,7H2,1-3H3,(H,14,15). The number of ether oxygens (including phenoxy) is 1. The number of nitro groups is 1. The zero-order valence-electron chi connectivity index (χ0n) is 11.1. The zero-order chi connectivity index (χ0) is 14.6. The molecule has 0 atom stereocenters. The van der Waals surface area contributed by atoms with Gasteiger partial charge in [0.05, 0.1) is 6.07 Å². The van der Waals surface area contributed by atoms with Gasteiger partial charge in [-0.25, -0.2) is 4.79 Å². The monoisotopic (exact) mass is 287 g/mol. The van der Waals surface area contributed by atoms with Crippen LogP contribution in [0.3, 0.4) is 0 Å². The minimum absolute atomic E-state index is 0.117. The summed E-state index contributed by atoms with van der Waals surface area (Å²) in [5, 5.41) is 23.1. The summed E-state index contributed by atoms with van der Waals surface area (Å²) in [7, 11) is -1.23. The number of hydrogen-bond acceptors (Lipinski definition) is 5. The predicted octanol–water partition coefficient (Wildman–Crippen LogP) is 1.80. The van der Waals surface area contributed by atoms with Gasteiger partial charge in [-0.2, -0.15) is 0 Å². The second-order valence-electron chi connectivity index (χ2n) is 5.30. The highest BCUT2D eigenvalue weighted by Crippen LogP contribution is 2.14. The molecule has 0 aromatic carbocycles. The van der Waals surface area contributed by atoms with Gasteiger partial charge in [0.2, 0.25) is 6.73 Å². The maximum absolute atomic E-state index is 10.8. The summed E-state index contributed by atoms with van der Waals surface area (Å²) in [5.41, 5.74) is -0.361. The van der Waals surface area contributed by atoms with Crippen molar-refractivity contribution in [2.75, 3.05) is 6.61 Å². The highest BCUT2D eigenvalue weighted by atomic mass is 28.3. The molecule has 0 spiro atoms. The molecular formula is C10H17N3O5Si. The van der Waals surface area contributed by atoms with Crippen LogP contribution in [0.4, 0.5) is 5.82 Å². The van der Waals surface area contributed by atoms with Crippen molar-refractivity contribution in [2.45, 2.75) is 32.4 Å². The molecule has 0 unspecified atom stereocenters. The van der Waals surface area contributed by atoms with Gasteiger partial charge in [-0.1, -0.05) is 24.7 Å². The number of hydrogen-bond donors (Lipinski definition) is 1. The third-order valence-electron chi connectivity index (χ3n) is 2.37. The van der Waals surface area contributed by atoms with Crippen molar-refractivity contribution < 1.29 is 19.6 Å². The van der Waals surface area contributed by atoms with Crippen molar-refractivity contribution >= 4 is 19.9 Å². The second-order valence-corrected chi connectivity index (χ2v) is 10.9. The van der Waals surface area contributed by atoms with Crippen molar-refractivity contribution in [1.29, 1.82) is 0 Å². The molecule has 0 saturated carbocycles. The van der Waals surface area contributed by atoms with Crippen LogP contribution in [0, 0.1) is 10.1 Å². The number of aromatic nitrogens is 2. The van der Waals surface area contributed by atoms with Gasteiger partial charge >= 0.3 is 11.8 Å². The van der Waals surface area contributed by atoms with Crippen LogP contribution in [0.1, 0.15) is 10.5 Å². The van der Waals surface area contributed by atoms with Crippen LogP contribution >= 0.6 is 0 Å². The first kappa shape index (κ1) is 15.3. The number of aromatic carboxylic acids is 1. The van der Waals surface area contributed by atoms with E-state index in [0.717, 1.165) is 16.8 Å². The Morgan fingerprint density at radius 1 is 1.58 bits per heavy atom. The summed E-state index contributed by atoms with van der Waals surface area (Å²) < 4.78 is 6.27. The van der Waals surface area contributed by atoms with Crippen LogP contribution in [0.2, 0.25) is 25.7 Å². The van der Waals surface area contributed by atoms with Crippen LogP contribution in [0.15, 0.2) is 6.07 Å². The lowest BCUT2D eigenvalue weighted by Gasteiger charge is -2.14. The summed E-state index contributed by atoms with van der Waals surface area (Å²) >= 11 is 0. The molecule has 0 radical (unpaired) electrons. The van der Waals surface area contributed by atoms with Crippen LogP contribution in [-0.4, -0.2) is 40.5 Å². The molecule has 0 aliphatic carbocycles. The highest BCUT2D eigenvalue weighted by Gasteiger charge is 2.22. The molecule has 0 fully saturated rings. The first-order chi connectivity index (χ1) is 8.70. The Bertz CT molecular complexity index is 480. The fourth-order valence-electron chi connectivity index (χ4n) is 1.28. The molecule has 9 heteroatoms. The largest absolute Gasteiger partial charge is 0.476 e. The molecule has 0 aliphatic rings. The Kier molecular flexibility index (Phi) is 4.78. The predicted molar refractivity (Wildman–Crippen MR) is 69.9 cm³/mol. The maximum Gasteiger partial charge on any atom is 0.358 e. The first-order valence-corrected chi connectivity index (χ1v) is 9.45. The zero-order valence-corrected chi connectivity index (χ0v) is 12.1. The molecule has 1 aromatic heterocycles. The fraction of sp³-hybridized carbons (Fsp3) is 0.600. The van der Waals surface area contributed by atoms with E-state index in [1.807, 2.05) is 0 Å². The summed E-state index contributed by atoms with van der Waals surface area (Å²) in [4.78, 5) is 20.8. The van der Waals surface area contributed by atoms with Gasteiger partial charge < -0.3 is 20.0 Å². The molecule has 1 N–H and O–H groups in total. The SMILES string of the molecule is C[Si](C)(C)CCOCn1nc(C(=O)O)cc1[N+](=O)[O-]. The smallest absolute Gasteiger partial charge is 0.358 e. The van der Waals surface area contributed by atoms with Crippen LogP contribution < -0.4 is 0 Å². The molecule has 1 rings (SSSR count). The van der Waals surface area contributed by atoms with E-state index in [-0.39, 0.29) is 18.2 Å². The van der Waals surface area contributed by atoms with E-state index in [1.165, 1.54) is 0 Å². The lowest BCUT2D eigenvalue weighted by molar-refractivity contribution is -0.393. The average Bonchev–Trinajstić information content (AvgIpc) is 2.67. The molecular weight excluding hydrogens is 270 g/mol. The van der Waals surface area contributed by atoms with Gasteiger partial charge in [0.25, 0.3) is 0 Å². The molecule has 1 aromatic rings. The minimum atomic E-state index is -1.30. The maximum atomic E-state index is 10.8. The molecule has 0 saturated heterocycles. The van der Waals surface area contributed by atoms with Gasteiger partial charge in [-0.15, -0.1) is 4.68 Å². The summed E-state index contributed by atoms with van der Waals surface area (Å²) in [6.45, 7) is 6.93. The summed E-state index contributed by atoms with van der Waals surface area (Å²) in [6.07, 6.45) is 0. The van der Waals surface area contributed by atoms with Gasteiger partial charge in [0, 0.05) is 14.7 Å². The Hall–Kier alpha value is -1.74. The molecule has 8 nitrogen and oxygen atoms in total. The van der Waals surface area contributed by atoms with E-state index in [1.54, 1.807) is 0 Å². The van der Waals surface area contributed by atoms with Crippen molar-refractivity contribution in [3.05, 3.63) is 21.9 Å². The fourth-order valence-corrected chi connectivity index (χ4v) is 2.04. The molecule has 0 amide bonds. The van der Waals surface area contributed by atoms with Gasteiger partial charge in [0.1, 0.15) is 0 Å². The number of carboxylic acids is 1. The normalized spacial score (nSPS) is 11.5. The van der Waals surface area contributed by atoms with Crippen molar-refractivity contribution in [2.24, 2.45) is 0 Å². The van der Waals surface area contributed by atoms with Gasteiger partial charge in [-0.3, -0.25) is 0 Å². The number of nitrogens with zero attached hydrogens (tertiary/aromatic N) is 3. The van der Waals surface area contributed by atoms with E-state index in [2.05, 4.69) is 24.7 Å². The lowest BCUT2D eigenvalue weighted by Crippen LogP contribution is -2.22. The van der Waals surface area contributed by atoms with Crippen molar-refractivity contribution in [1.82, 2.24) is 9.78 Å². The average molecular weight is 287 g/mol. The van der Waals surface area contributed by atoms with E-state index >= 15 is 0 Å². The molecule has 106 valence electrons. The summed E-state index contributed by atoms with van der Waals surface area (Å²) in [6, 6.07) is 1.85. The topological polar surface area (TPSA) is 107 Å². The summed E-state index contributed by atoms with van der Waals surface area (Å²) in [5.74, 6) is -1.69. The third kappa shape index (κ3) is 4.79. The van der Waals surface area contributed by atoms with E-state index < -0.39 is 19.0 Å². The molecule has 19 heavy (non-hydrogen) atoms. The molecule has 0 bridgehead atoms. The Labute approximate surface area is 111 Å². The number of rotatable bonds is 7. The Balaban J connectivity index is 2.67. The van der Waals surface area contributed by atoms with Crippen molar-refractivity contribution in [3.8, 4) is 0 Å². The lowest BCUT2D eigenvalue weighted by atomic mass is 10.4. The minimum Gasteiger partial charge on any atom is -0.476 e. The van der Waals surface area contributed by atoms with Crippen LogP contribution in [0.25, 0.3) is 0 Å². The van der Waals surface area contributed by atoms with E-state index in [0.29, 0.717) is 6.61 Å². The van der Waals surface area contributed by atoms with E-state index in [4.69, 9.17) is 9.84 Å². The second kappa shape index (κ2) is 5.93. The number of carbonyl (C=O) groups is 1. The first-order valence-electron chi connectivity index (χ1n) is 5.74. The number of carboxylic acid groups (broad SMARTS) is 1. The van der Waals surface area contributed by atoms with Crippen LogP contribution in [-0.2, 0) is 11.5 Å². The molecule has 1 heterocycles. The van der Waals surface area contributed by atoms with Crippen molar-refractivity contribution in [3.63, 3.8) is 0 Å². The van der Waals surface area contributed by atoms with E-state index in [9.17, 15) is 14.9 Å². The molecule has 0 aliphatic heterocycles.